The van der Waals surface area contributed by atoms with Crippen LogP contribution in [0.1, 0.15) is 13.8 Å². The molecule has 5 N–H and O–H groups in total. The summed E-state index contributed by atoms with van der Waals surface area (Å²) in [5.74, 6) is -0.183. The van der Waals surface area contributed by atoms with Gasteiger partial charge in [0, 0.05) is 12.6 Å². The third-order valence-electron chi connectivity index (χ3n) is 1.02. The van der Waals surface area contributed by atoms with Gasteiger partial charge >= 0.3 is 0 Å². The van der Waals surface area contributed by atoms with Crippen LogP contribution in [0.3, 0.4) is 0 Å². The van der Waals surface area contributed by atoms with Crippen LogP contribution in [0.2, 0.25) is 0 Å². The van der Waals surface area contributed by atoms with Crippen LogP contribution >= 0.6 is 0 Å². The molecule has 4 heteroatoms. The number of carbonyl (C=O) groups excluding carboxylic acids is 1. The van der Waals surface area contributed by atoms with Gasteiger partial charge in [-0.25, -0.2) is 0 Å². The van der Waals surface area contributed by atoms with Crippen LogP contribution in [0.25, 0.3) is 0 Å². The normalized spacial score (nSPS) is 13.3. The summed E-state index contributed by atoms with van der Waals surface area (Å²) in [4.78, 5) is 10.9. The average Bonchev–Trinajstić information content (AvgIpc) is 1.85. The van der Waals surface area contributed by atoms with E-state index in [9.17, 15) is 4.79 Å². The van der Waals surface area contributed by atoms with Crippen molar-refractivity contribution in [2.24, 2.45) is 11.5 Å². The van der Waals surface area contributed by atoms with Gasteiger partial charge in [-0.1, -0.05) is 0 Å². The molecule has 1 unspecified atom stereocenters. The Morgan fingerprint density at radius 2 is 2.10 bits per heavy atom. The Labute approximate surface area is 61.0 Å². The monoisotopic (exact) mass is 145 g/mol. The van der Waals surface area contributed by atoms with Crippen molar-refractivity contribution in [2.45, 2.75) is 25.9 Å². The lowest BCUT2D eigenvalue weighted by Crippen LogP contribution is -2.47. The van der Waals surface area contributed by atoms with E-state index in [0.29, 0.717) is 0 Å². The van der Waals surface area contributed by atoms with E-state index in [0.717, 1.165) is 0 Å². The predicted molar refractivity (Wildman–Crippen MR) is 40.3 cm³/mol. The molecule has 0 bridgehead atoms. The van der Waals surface area contributed by atoms with Gasteiger partial charge in [0.15, 0.2) is 0 Å². The fraction of sp³-hybridized carbons (Fsp3) is 0.833. The molecule has 60 valence electrons. The zero-order valence-electron chi connectivity index (χ0n) is 6.42. The maximum Gasteiger partial charge on any atom is 0.238 e. The average molecular weight is 145 g/mol. The Morgan fingerprint density at radius 3 is 2.40 bits per heavy atom. The number of carbonyl (C=O) groups is 1. The van der Waals surface area contributed by atoms with Gasteiger partial charge < -0.3 is 16.8 Å². The van der Waals surface area contributed by atoms with Gasteiger partial charge in [0.25, 0.3) is 0 Å². The highest BCUT2D eigenvalue weighted by atomic mass is 16.2. The molecule has 0 saturated carbocycles. The maximum atomic E-state index is 10.9. The van der Waals surface area contributed by atoms with Crippen LogP contribution in [0, 0.1) is 0 Å². The minimum Gasteiger partial charge on any atom is -0.353 e. The molecule has 0 aliphatic heterocycles. The molecule has 1 amide bonds. The second kappa shape index (κ2) is 4.24. The number of rotatable bonds is 3. The quantitative estimate of drug-likeness (QED) is 0.466. The summed E-state index contributed by atoms with van der Waals surface area (Å²) in [5, 5.41) is 2.65. The van der Waals surface area contributed by atoms with Crippen LogP contribution in [0.4, 0.5) is 0 Å². The number of nitrogens with two attached hydrogens (primary N) is 2. The lowest BCUT2D eigenvalue weighted by molar-refractivity contribution is -0.122. The largest absolute Gasteiger partial charge is 0.353 e. The molecule has 0 aromatic rings. The van der Waals surface area contributed by atoms with Gasteiger partial charge in [-0.05, 0) is 13.8 Å². The van der Waals surface area contributed by atoms with Crippen molar-refractivity contribution in [3.8, 4) is 0 Å². The van der Waals surface area contributed by atoms with Crippen molar-refractivity contribution in [3.05, 3.63) is 0 Å². The molecule has 1 atom stereocenters. The molecule has 0 fully saturated rings. The minimum absolute atomic E-state index is 0.130. The molecule has 0 spiro atoms. The topological polar surface area (TPSA) is 81.1 Å². The van der Waals surface area contributed by atoms with Crippen molar-refractivity contribution in [1.82, 2.24) is 5.32 Å². The van der Waals surface area contributed by atoms with E-state index in [2.05, 4.69) is 5.32 Å². The highest BCUT2D eigenvalue weighted by Gasteiger charge is 2.10. The fourth-order valence-corrected chi connectivity index (χ4v) is 0.499. The SMILES string of the molecule is CC(C)NC(=O)C(N)CN. The number of amides is 1. The smallest absolute Gasteiger partial charge is 0.238 e. The number of hydrogen-bond donors (Lipinski definition) is 3. The van der Waals surface area contributed by atoms with Gasteiger partial charge in [-0.15, -0.1) is 0 Å². The van der Waals surface area contributed by atoms with Gasteiger partial charge in [-0.3, -0.25) is 4.79 Å². The molecule has 0 saturated heterocycles. The Morgan fingerprint density at radius 1 is 1.60 bits per heavy atom. The van der Waals surface area contributed by atoms with Crippen molar-refractivity contribution in [1.29, 1.82) is 0 Å². The van der Waals surface area contributed by atoms with E-state index in [4.69, 9.17) is 11.5 Å². The van der Waals surface area contributed by atoms with Crippen LogP contribution in [-0.2, 0) is 4.79 Å². The third kappa shape index (κ3) is 3.42. The van der Waals surface area contributed by atoms with E-state index < -0.39 is 6.04 Å². The summed E-state index contributed by atoms with van der Waals surface area (Å²) in [7, 11) is 0. The molecule has 0 radical (unpaired) electrons. The van der Waals surface area contributed by atoms with Gasteiger partial charge in [0.1, 0.15) is 0 Å². The van der Waals surface area contributed by atoms with E-state index in [-0.39, 0.29) is 18.5 Å². The van der Waals surface area contributed by atoms with Crippen LogP contribution in [0.5, 0.6) is 0 Å². The summed E-state index contributed by atoms with van der Waals surface area (Å²) in [6, 6.07) is -0.438. The number of hydrogen-bond acceptors (Lipinski definition) is 3. The van der Waals surface area contributed by atoms with E-state index in [1.165, 1.54) is 0 Å². The predicted octanol–water partition coefficient (Wildman–Crippen LogP) is -1.20. The first kappa shape index (κ1) is 9.39. The summed E-state index contributed by atoms with van der Waals surface area (Å²) in [6.07, 6.45) is 0. The zero-order valence-corrected chi connectivity index (χ0v) is 6.42. The second-order valence-electron chi connectivity index (χ2n) is 2.51. The fourth-order valence-electron chi connectivity index (χ4n) is 0.499. The molecule has 0 heterocycles. The molecule has 4 nitrogen and oxygen atoms in total. The van der Waals surface area contributed by atoms with Crippen molar-refractivity contribution >= 4 is 5.91 Å². The lowest BCUT2D eigenvalue weighted by atomic mass is 10.3. The number of nitrogens with one attached hydrogen (secondary N) is 1. The highest BCUT2D eigenvalue weighted by molar-refractivity contribution is 5.81. The molecule has 10 heavy (non-hydrogen) atoms. The highest BCUT2D eigenvalue weighted by Crippen LogP contribution is 1.79. The first-order valence-corrected chi connectivity index (χ1v) is 3.34. The van der Waals surface area contributed by atoms with Gasteiger partial charge in [-0.2, -0.15) is 0 Å². The Hall–Kier alpha value is -0.610. The van der Waals surface area contributed by atoms with E-state index in [1.54, 1.807) is 0 Å². The molecule has 0 rings (SSSR count). The summed E-state index contributed by atoms with van der Waals surface area (Å²) >= 11 is 0. The van der Waals surface area contributed by atoms with Crippen LogP contribution < -0.4 is 16.8 Å². The zero-order chi connectivity index (χ0) is 8.15. The van der Waals surface area contributed by atoms with Crippen molar-refractivity contribution in [3.63, 3.8) is 0 Å². The van der Waals surface area contributed by atoms with Gasteiger partial charge in [0.2, 0.25) is 5.91 Å². The Balaban J connectivity index is 3.62. The van der Waals surface area contributed by atoms with Gasteiger partial charge in [0.05, 0.1) is 6.04 Å². The summed E-state index contributed by atoms with van der Waals surface area (Å²) in [6.45, 7) is 3.95. The first-order valence-electron chi connectivity index (χ1n) is 3.34. The summed E-state index contributed by atoms with van der Waals surface area (Å²) < 4.78 is 0. The Kier molecular flexibility index (Phi) is 3.99. The molecule has 0 aliphatic carbocycles. The standard InChI is InChI=1S/C6H15N3O/c1-4(2)9-6(10)5(8)3-7/h4-5H,3,7-8H2,1-2H3,(H,9,10). The molecule has 0 aromatic carbocycles. The Bertz CT molecular complexity index is 114. The molecule has 0 aromatic heterocycles. The minimum atomic E-state index is -0.567. The van der Waals surface area contributed by atoms with E-state index >= 15 is 0 Å². The van der Waals surface area contributed by atoms with Crippen LogP contribution in [-0.4, -0.2) is 24.5 Å². The maximum absolute atomic E-state index is 10.9. The van der Waals surface area contributed by atoms with Crippen LogP contribution in [0.15, 0.2) is 0 Å². The second-order valence-corrected chi connectivity index (χ2v) is 2.51. The molecular formula is C6H15N3O. The summed E-state index contributed by atoms with van der Waals surface area (Å²) in [5.41, 5.74) is 10.5. The van der Waals surface area contributed by atoms with Crippen molar-refractivity contribution in [2.75, 3.05) is 6.54 Å². The first-order chi connectivity index (χ1) is 4.57. The van der Waals surface area contributed by atoms with Crippen molar-refractivity contribution < 1.29 is 4.79 Å². The third-order valence-corrected chi connectivity index (χ3v) is 1.02. The van der Waals surface area contributed by atoms with E-state index in [1.807, 2.05) is 13.8 Å². The molecule has 0 aliphatic rings. The molecular weight excluding hydrogens is 130 g/mol. The lowest BCUT2D eigenvalue weighted by Gasteiger charge is -2.11.